The maximum absolute atomic E-state index is 13.3. The number of hydrogen-bond acceptors (Lipinski definition) is 4. The number of halogens is 2. The van der Waals surface area contributed by atoms with E-state index in [1.54, 1.807) is 17.1 Å². The Balaban J connectivity index is 0.00000160. The van der Waals surface area contributed by atoms with Crippen molar-refractivity contribution in [2.45, 2.75) is 19.3 Å². The van der Waals surface area contributed by atoms with E-state index in [0.29, 0.717) is 31.6 Å². The van der Waals surface area contributed by atoms with E-state index in [4.69, 9.17) is 5.73 Å². The summed E-state index contributed by atoms with van der Waals surface area (Å²) in [6.07, 6.45) is 4.10. The van der Waals surface area contributed by atoms with E-state index < -0.39 is 0 Å². The molecule has 160 valence electrons. The molecule has 1 aliphatic rings. The number of benzene rings is 1. The first-order valence-electron chi connectivity index (χ1n) is 9.75. The van der Waals surface area contributed by atoms with Crippen molar-refractivity contribution in [1.82, 2.24) is 19.7 Å². The highest BCUT2D eigenvalue weighted by atomic mass is 35.5. The highest BCUT2D eigenvalue weighted by molar-refractivity contribution is 5.95. The number of carbonyl (C=O) groups is 1. The standard InChI is InChI=1S/C22H25N5O.2ClH/c1-2-20-18(13-25-27(20)21-10-6-7-11-24-21)22(28)26-14-17(12-23)19(15-26)16-8-4-3-5-9-16;;/h3-11,13,17,19H,2,12,14-15,23H2,1H3;2*1H/t17-,19+;;/m1../s1. The number of carbonyl (C=O) groups excluding carboxylic acids is 1. The highest BCUT2D eigenvalue weighted by Gasteiger charge is 2.36. The minimum Gasteiger partial charge on any atom is -0.338 e. The normalized spacial score (nSPS) is 17.9. The molecule has 0 radical (unpaired) electrons. The van der Waals surface area contributed by atoms with Crippen LogP contribution in [0, 0.1) is 5.92 Å². The molecule has 1 aromatic carbocycles. The molecule has 1 amide bonds. The summed E-state index contributed by atoms with van der Waals surface area (Å²) in [5.74, 6) is 1.28. The molecule has 2 atom stereocenters. The molecule has 3 heterocycles. The molecular formula is C22H27Cl2N5O. The largest absolute Gasteiger partial charge is 0.338 e. The zero-order chi connectivity index (χ0) is 19.5. The Labute approximate surface area is 189 Å². The van der Waals surface area contributed by atoms with Gasteiger partial charge in [-0.2, -0.15) is 5.10 Å². The van der Waals surface area contributed by atoms with Gasteiger partial charge in [0.25, 0.3) is 5.91 Å². The molecule has 0 bridgehead atoms. The van der Waals surface area contributed by atoms with Crippen molar-refractivity contribution < 1.29 is 4.79 Å². The second kappa shape index (κ2) is 10.6. The highest BCUT2D eigenvalue weighted by Crippen LogP contribution is 2.33. The molecular weight excluding hydrogens is 421 g/mol. The summed E-state index contributed by atoms with van der Waals surface area (Å²) in [7, 11) is 0. The van der Waals surface area contributed by atoms with Gasteiger partial charge in [-0.25, -0.2) is 9.67 Å². The van der Waals surface area contributed by atoms with Crippen LogP contribution in [0.5, 0.6) is 0 Å². The summed E-state index contributed by atoms with van der Waals surface area (Å²) in [4.78, 5) is 19.6. The quantitative estimate of drug-likeness (QED) is 0.649. The van der Waals surface area contributed by atoms with Crippen LogP contribution < -0.4 is 5.73 Å². The predicted molar refractivity (Wildman–Crippen MR) is 123 cm³/mol. The molecule has 0 spiro atoms. The van der Waals surface area contributed by atoms with Crippen molar-refractivity contribution in [3.63, 3.8) is 0 Å². The lowest BCUT2D eigenvalue weighted by Crippen LogP contribution is -2.30. The van der Waals surface area contributed by atoms with Gasteiger partial charge in [-0.3, -0.25) is 4.79 Å². The molecule has 2 N–H and O–H groups in total. The lowest BCUT2D eigenvalue weighted by Gasteiger charge is -2.17. The van der Waals surface area contributed by atoms with Crippen LogP contribution in [-0.4, -0.2) is 45.2 Å². The summed E-state index contributed by atoms with van der Waals surface area (Å²) in [5.41, 5.74) is 8.82. The molecule has 3 aromatic rings. The molecule has 0 unspecified atom stereocenters. The fraction of sp³-hybridized carbons (Fsp3) is 0.318. The third kappa shape index (κ3) is 4.51. The van der Waals surface area contributed by atoms with Crippen molar-refractivity contribution in [2.75, 3.05) is 19.6 Å². The first kappa shape index (κ1) is 23.9. The van der Waals surface area contributed by atoms with Crippen LogP contribution in [0.4, 0.5) is 0 Å². The van der Waals surface area contributed by atoms with Gasteiger partial charge in [0.1, 0.15) is 0 Å². The summed E-state index contributed by atoms with van der Waals surface area (Å²) in [6, 6.07) is 16.0. The van der Waals surface area contributed by atoms with E-state index in [9.17, 15) is 4.79 Å². The van der Waals surface area contributed by atoms with E-state index in [2.05, 4.69) is 22.2 Å². The Kier molecular flexibility index (Phi) is 8.41. The number of hydrogen-bond donors (Lipinski definition) is 1. The fourth-order valence-corrected chi connectivity index (χ4v) is 4.09. The average Bonchev–Trinajstić information content (AvgIpc) is 3.38. The number of amides is 1. The predicted octanol–water partition coefficient (Wildman–Crippen LogP) is 3.49. The Bertz CT molecular complexity index is 949. The van der Waals surface area contributed by atoms with Crippen LogP contribution in [-0.2, 0) is 6.42 Å². The van der Waals surface area contributed by atoms with Gasteiger partial charge in [-0.15, -0.1) is 24.8 Å². The zero-order valence-electron chi connectivity index (χ0n) is 16.8. The minimum atomic E-state index is 0. The Hall–Kier alpha value is -2.41. The van der Waals surface area contributed by atoms with Gasteiger partial charge in [0.15, 0.2) is 5.82 Å². The van der Waals surface area contributed by atoms with Crippen LogP contribution in [0.15, 0.2) is 60.9 Å². The molecule has 6 nitrogen and oxygen atoms in total. The molecule has 2 aromatic heterocycles. The molecule has 0 saturated carbocycles. The number of rotatable bonds is 5. The fourth-order valence-electron chi connectivity index (χ4n) is 4.09. The molecule has 4 rings (SSSR count). The lowest BCUT2D eigenvalue weighted by molar-refractivity contribution is 0.0785. The van der Waals surface area contributed by atoms with Gasteiger partial charge in [0.2, 0.25) is 0 Å². The van der Waals surface area contributed by atoms with Gasteiger partial charge < -0.3 is 10.6 Å². The number of aromatic nitrogens is 3. The summed E-state index contributed by atoms with van der Waals surface area (Å²) in [6.45, 7) is 3.96. The van der Waals surface area contributed by atoms with Crippen molar-refractivity contribution in [1.29, 1.82) is 0 Å². The number of nitrogens with zero attached hydrogens (tertiary/aromatic N) is 4. The Morgan fingerprint density at radius 1 is 1.10 bits per heavy atom. The molecule has 1 aliphatic heterocycles. The molecule has 0 aliphatic carbocycles. The number of pyridine rings is 1. The second-order valence-electron chi connectivity index (χ2n) is 7.18. The molecule has 1 saturated heterocycles. The van der Waals surface area contributed by atoms with Gasteiger partial charge in [0, 0.05) is 25.2 Å². The van der Waals surface area contributed by atoms with Crippen LogP contribution in [0.3, 0.4) is 0 Å². The topological polar surface area (TPSA) is 77.0 Å². The van der Waals surface area contributed by atoms with Gasteiger partial charge in [-0.1, -0.05) is 43.3 Å². The Morgan fingerprint density at radius 3 is 2.47 bits per heavy atom. The lowest BCUT2D eigenvalue weighted by atomic mass is 9.89. The van der Waals surface area contributed by atoms with Gasteiger partial charge in [-0.05, 0) is 36.6 Å². The second-order valence-corrected chi connectivity index (χ2v) is 7.18. The van der Waals surface area contributed by atoms with Crippen LogP contribution in [0.25, 0.3) is 5.82 Å². The van der Waals surface area contributed by atoms with Crippen molar-refractivity contribution in [3.05, 3.63) is 77.7 Å². The van der Waals surface area contributed by atoms with Crippen LogP contribution in [0.1, 0.15) is 34.5 Å². The summed E-state index contributed by atoms with van der Waals surface area (Å²) < 4.78 is 1.76. The maximum atomic E-state index is 13.3. The van der Waals surface area contributed by atoms with Crippen LogP contribution >= 0.6 is 24.8 Å². The average molecular weight is 448 g/mol. The number of likely N-dealkylation sites (tertiary alicyclic amines) is 1. The summed E-state index contributed by atoms with van der Waals surface area (Å²) in [5, 5.41) is 4.45. The first-order chi connectivity index (χ1) is 13.7. The maximum Gasteiger partial charge on any atom is 0.257 e. The van der Waals surface area contributed by atoms with Crippen LogP contribution in [0.2, 0.25) is 0 Å². The van der Waals surface area contributed by atoms with E-state index in [1.165, 1.54) is 5.56 Å². The SMILES string of the molecule is CCc1c(C(=O)N2C[C@@H](CN)[C@H](c3ccccc3)C2)cnn1-c1ccccn1.Cl.Cl. The minimum absolute atomic E-state index is 0. The number of nitrogens with two attached hydrogens (primary N) is 1. The van der Waals surface area contributed by atoms with Crippen molar-refractivity contribution in [2.24, 2.45) is 11.7 Å². The van der Waals surface area contributed by atoms with Crippen molar-refractivity contribution >= 4 is 30.7 Å². The third-order valence-corrected chi connectivity index (χ3v) is 5.56. The van der Waals surface area contributed by atoms with E-state index in [1.807, 2.05) is 48.2 Å². The van der Waals surface area contributed by atoms with E-state index in [-0.39, 0.29) is 42.6 Å². The molecule has 30 heavy (non-hydrogen) atoms. The Morgan fingerprint density at radius 2 is 1.83 bits per heavy atom. The third-order valence-electron chi connectivity index (χ3n) is 5.56. The molecule has 8 heteroatoms. The first-order valence-corrected chi connectivity index (χ1v) is 9.75. The van der Waals surface area contributed by atoms with E-state index >= 15 is 0 Å². The monoisotopic (exact) mass is 447 g/mol. The summed E-state index contributed by atoms with van der Waals surface area (Å²) >= 11 is 0. The van der Waals surface area contributed by atoms with E-state index in [0.717, 1.165) is 11.5 Å². The van der Waals surface area contributed by atoms with Crippen molar-refractivity contribution in [3.8, 4) is 5.82 Å². The smallest absolute Gasteiger partial charge is 0.257 e. The van der Waals surface area contributed by atoms with Gasteiger partial charge in [0.05, 0.1) is 17.5 Å². The molecule has 1 fully saturated rings. The van der Waals surface area contributed by atoms with Gasteiger partial charge >= 0.3 is 0 Å². The zero-order valence-corrected chi connectivity index (χ0v) is 18.5.